The number of amides is 1. The van der Waals surface area contributed by atoms with Crippen molar-refractivity contribution >= 4 is 11.6 Å². The number of methoxy groups -OCH3 is 1. The molecule has 1 aliphatic heterocycles. The summed E-state index contributed by atoms with van der Waals surface area (Å²) < 4.78 is 5.19. The van der Waals surface area contributed by atoms with E-state index in [9.17, 15) is 9.90 Å². The lowest BCUT2D eigenvalue weighted by Gasteiger charge is -2.23. The minimum atomic E-state index is -0.533. The Labute approximate surface area is 119 Å². The molecule has 0 saturated carbocycles. The number of benzene rings is 1. The number of carbonyl (C=O) groups is 1. The quantitative estimate of drug-likeness (QED) is 0.863. The fraction of sp³-hybridized carbons (Fsp3) is 0.533. The minimum Gasteiger partial charge on any atom is -0.389 e. The molecule has 1 amide bonds. The molecule has 3 atom stereocenters. The van der Waals surface area contributed by atoms with Gasteiger partial charge < -0.3 is 15.2 Å². The van der Waals surface area contributed by atoms with Gasteiger partial charge in [0, 0.05) is 25.9 Å². The number of hydrogen-bond donors (Lipinski definition) is 2. The second-order valence-electron chi connectivity index (χ2n) is 5.33. The zero-order valence-corrected chi connectivity index (χ0v) is 12.2. The second-order valence-corrected chi connectivity index (χ2v) is 5.33. The van der Waals surface area contributed by atoms with Gasteiger partial charge in [0.25, 0.3) is 0 Å². The Morgan fingerprint density at radius 3 is 2.85 bits per heavy atom. The van der Waals surface area contributed by atoms with E-state index in [1.807, 2.05) is 43.0 Å². The van der Waals surface area contributed by atoms with Crippen LogP contribution in [-0.2, 0) is 9.53 Å². The molecule has 20 heavy (non-hydrogen) atoms. The SMILES string of the molecule is CO[C@@H]1CN(C(C)C(=O)Nc2cccc(C)c2)C[C@H]1O. The van der Waals surface area contributed by atoms with Crippen LogP contribution in [0.2, 0.25) is 0 Å². The number of aryl methyl sites for hydroxylation is 1. The number of carbonyl (C=O) groups excluding carboxylic acids is 1. The van der Waals surface area contributed by atoms with Crippen molar-refractivity contribution in [3.05, 3.63) is 29.8 Å². The highest BCUT2D eigenvalue weighted by atomic mass is 16.5. The van der Waals surface area contributed by atoms with Gasteiger partial charge in [0.1, 0.15) is 0 Å². The van der Waals surface area contributed by atoms with Crippen molar-refractivity contribution in [2.24, 2.45) is 0 Å². The van der Waals surface area contributed by atoms with E-state index in [0.717, 1.165) is 11.3 Å². The molecule has 0 aliphatic carbocycles. The minimum absolute atomic E-state index is 0.0699. The number of rotatable bonds is 4. The number of aliphatic hydroxyl groups is 1. The van der Waals surface area contributed by atoms with Gasteiger partial charge in [0.2, 0.25) is 5.91 Å². The van der Waals surface area contributed by atoms with Gasteiger partial charge in [-0.1, -0.05) is 12.1 Å². The Balaban J connectivity index is 1.96. The number of likely N-dealkylation sites (tertiary alicyclic amines) is 1. The van der Waals surface area contributed by atoms with Crippen LogP contribution in [-0.4, -0.2) is 54.4 Å². The number of nitrogens with one attached hydrogen (secondary N) is 1. The Kier molecular flexibility index (Phi) is 4.75. The summed E-state index contributed by atoms with van der Waals surface area (Å²) in [7, 11) is 1.58. The molecule has 2 N–H and O–H groups in total. The number of ether oxygens (including phenoxy) is 1. The number of β-amino-alcohol motifs (C(OH)–C–C–N with tert-alkyl or cyclic N) is 1. The van der Waals surface area contributed by atoms with Gasteiger partial charge in [0.15, 0.2) is 0 Å². The topological polar surface area (TPSA) is 61.8 Å². The summed E-state index contributed by atoms with van der Waals surface area (Å²) in [4.78, 5) is 14.2. The average molecular weight is 278 g/mol. The molecule has 110 valence electrons. The molecule has 0 radical (unpaired) electrons. The summed E-state index contributed by atoms with van der Waals surface area (Å²) in [5.41, 5.74) is 1.90. The predicted molar refractivity (Wildman–Crippen MR) is 77.6 cm³/mol. The van der Waals surface area contributed by atoms with Crippen LogP contribution >= 0.6 is 0 Å². The lowest BCUT2D eigenvalue weighted by atomic mass is 10.2. The van der Waals surface area contributed by atoms with Crippen molar-refractivity contribution in [3.63, 3.8) is 0 Å². The van der Waals surface area contributed by atoms with Crippen molar-refractivity contribution in [2.45, 2.75) is 32.1 Å². The Hall–Kier alpha value is -1.43. The summed E-state index contributed by atoms with van der Waals surface area (Å²) >= 11 is 0. The number of hydrogen-bond acceptors (Lipinski definition) is 4. The third-order valence-electron chi connectivity index (χ3n) is 3.78. The number of anilines is 1. The molecule has 1 unspecified atom stereocenters. The van der Waals surface area contributed by atoms with Gasteiger partial charge in [0.05, 0.1) is 18.2 Å². The fourth-order valence-corrected chi connectivity index (χ4v) is 2.47. The number of nitrogens with zero attached hydrogens (tertiary/aromatic N) is 1. The van der Waals surface area contributed by atoms with E-state index < -0.39 is 6.10 Å². The van der Waals surface area contributed by atoms with E-state index in [1.165, 1.54) is 0 Å². The van der Waals surface area contributed by atoms with Gasteiger partial charge in [-0.2, -0.15) is 0 Å². The first-order chi connectivity index (χ1) is 9.51. The third-order valence-corrected chi connectivity index (χ3v) is 3.78. The highest BCUT2D eigenvalue weighted by Crippen LogP contribution is 2.17. The third kappa shape index (κ3) is 3.36. The Bertz CT molecular complexity index is 478. The predicted octanol–water partition coefficient (Wildman–Crippen LogP) is 1.01. The zero-order chi connectivity index (χ0) is 14.7. The zero-order valence-electron chi connectivity index (χ0n) is 12.2. The molecular formula is C15H22N2O3. The first-order valence-corrected chi connectivity index (χ1v) is 6.83. The van der Waals surface area contributed by atoms with Crippen molar-refractivity contribution in [1.82, 2.24) is 4.90 Å². The highest BCUT2D eigenvalue weighted by Gasteiger charge is 2.35. The van der Waals surface area contributed by atoms with E-state index in [2.05, 4.69) is 5.32 Å². The van der Waals surface area contributed by atoms with Crippen molar-refractivity contribution in [3.8, 4) is 0 Å². The fourth-order valence-electron chi connectivity index (χ4n) is 2.47. The number of aliphatic hydroxyl groups excluding tert-OH is 1. The molecule has 5 heteroatoms. The van der Waals surface area contributed by atoms with Crippen LogP contribution in [0.5, 0.6) is 0 Å². The molecule has 0 bridgehead atoms. The van der Waals surface area contributed by atoms with Crippen LogP contribution in [0.25, 0.3) is 0 Å². The van der Waals surface area contributed by atoms with Gasteiger partial charge in [-0.3, -0.25) is 9.69 Å². The van der Waals surface area contributed by atoms with Gasteiger partial charge in [-0.15, -0.1) is 0 Å². The van der Waals surface area contributed by atoms with Crippen molar-refractivity contribution < 1.29 is 14.6 Å². The molecule has 5 nitrogen and oxygen atoms in total. The van der Waals surface area contributed by atoms with E-state index in [4.69, 9.17) is 4.74 Å². The van der Waals surface area contributed by atoms with Crippen LogP contribution in [0, 0.1) is 6.92 Å². The molecule has 2 rings (SSSR count). The Morgan fingerprint density at radius 1 is 1.50 bits per heavy atom. The molecular weight excluding hydrogens is 256 g/mol. The summed E-state index contributed by atoms with van der Waals surface area (Å²) in [6.45, 7) is 4.86. The standard InChI is InChI=1S/C15H22N2O3/c1-10-5-4-6-12(7-10)16-15(19)11(2)17-8-13(18)14(9-17)20-3/h4-7,11,13-14,18H,8-9H2,1-3H3,(H,16,19)/t11?,13-,14-/m1/s1. The molecule has 1 aromatic carbocycles. The molecule has 0 spiro atoms. The van der Waals surface area contributed by atoms with Crippen LogP contribution in [0.3, 0.4) is 0 Å². The monoisotopic (exact) mass is 278 g/mol. The molecule has 1 aromatic rings. The molecule has 1 fully saturated rings. The molecule has 1 aliphatic rings. The van der Waals surface area contributed by atoms with Gasteiger partial charge in [-0.25, -0.2) is 0 Å². The lowest BCUT2D eigenvalue weighted by Crippen LogP contribution is -2.41. The second kappa shape index (κ2) is 6.35. The van der Waals surface area contributed by atoms with Crippen LogP contribution in [0.4, 0.5) is 5.69 Å². The normalized spacial score (nSPS) is 24.6. The van der Waals surface area contributed by atoms with Crippen LogP contribution in [0.1, 0.15) is 12.5 Å². The van der Waals surface area contributed by atoms with E-state index in [1.54, 1.807) is 7.11 Å². The van der Waals surface area contributed by atoms with Crippen molar-refractivity contribution in [2.75, 3.05) is 25.5 Å². The van der Waals surface area contributed by atoms with E-state index >= 15 is 0 Å². The van der Waals surface area contributed by atoms with Crippen molar-refractivity contribution in [1.29, 1.82) is 0 Å². The molecule has 1 heterocycles. The summed E-state index contributed by atoms with van der Waals surface area (Å²) in [6.07, 6.45) is -0.751. The average Bonchev–Trinajstić information content (AvgIpc) is 2.79. The summed E-state index contributed by atoms with van der Waals surface area (Å²) in [5.74, 6) is -0.0699. The maximum absolute atomic E-state index is 12.2. The highest BCUT2D eigenvalue weighted by molar-refractivity contribution is 5.94. The maximum atomic E-state index is 12.2. The molecule has 1 saturated heterocycles. The van der Waals surface area contributed by atoms with Crippen LogP contribution < -0.4 is 5.32 Å². The first-order valence-electron chi connectivity index (χ1n) is 6.83. The van der Waals surface area contributed by atoms with E-state index in [-0.39, 0.29) is 18.1 Å². The van der Waals surface area contributed by atoms with Crippen LogP contribution in [0.15, 0.2) is 24.3 Å². The summed E-state index contributed by atoms with van der Waals surface area (Å²) in [6, 6.07) is 7.40. The molecule has 0 aromatic heterocycles. The smallest absolute Gasteiger partial charge is 0.241 e. The first kappa shape index (κ1) is 15.0. The summed E-state index contributed by atoms with van der Waals surface area (Å²) in [5, 5.41) is 12.7. The Morgan fingerprint density at radius 2 is 2.25 bits per heavy atom. The maximum Gasteiger partial charge on any atom is 0.241 e. The van der Waals surface area contributed by atoms with E-state index in [0.29, 0.717) is 13.1 Å². The lowest BCUT2D eigenvalue weighted by molar-refractivity contribution is -0.120. The largest absolute Gasteiger partial charge is 0.389 e. The van der Waals surface area contributed by atoms with Gasteiger partial charge in [-0.05, 0) is 31.5 Å². The van der Waals surface area contributed by atoms with Gasteiger partial charge >= 0.3 is 0 Å².